The number of carbonyl (C=O) groups excluding carboxylic acids is 1. The van der Waals surface area contributed by atoms with E-state index in [-0.39, 0.29) is 36.6 Å². The van der Waals surface area contributed by atoms with E-state index in [0.29, 0.717) is 11.3 Å². The van der Waals surface area contributed by atoms with Gasteiger partial charge in [-0.2, -0.15) is 0 Å². The number of carbonyl (C=O) groups is 1. The molecule has 9 nitrogen and oxygen atoms in total. The number of nitro groups is 1. The minimum Gasteiger partial charge on any atom is -0.482 e. The minimum absolute atomic E-state index is 0.0401. The molecule has 156 valence electrons. The maximum atomic E-state index is 12.0. The first-order valence-corrected chi connectivity index (χ1v) is 9.29. The van der Waals surface area contributed by atoms with Gasteiger partial charge in [0.2, 0.25) is 5.89 Å². The Morgan fingerprint density at radius 3 is 2.57 bits per heavy atom. The maximum absolute atomic E-state index is 12.0. The average molecular weight is 411 g/mol. The lowest BCUT2D eigenvalue weighted by atomic mass is 10.0. The third-order valence-corrected chi connectivity index (χ3v) is 4.29. The van der Waals surface area contributed by atoms with Crippen LogP contribution in [0.4, 0.5) is 5.69 Å². The topological polar surface area (TPSA) is 118 Å². The smallest absolute Gasteiger partial charge is 0.344 e. The van der Waals surface area contributed by atoms with Gasteiger partial charge in [0.15, 0.2) is 13.2 Å². The number of nitrogens with zero attached hydrogens (tertiary/aromatic N) is 3. The average Bonchev–Trinajstić information content (AvgIpc) is 3.19. The number of aryl methyl sites for hydroxylation is 1. The summed E-state index contributed by atoms with van der Waals surface area (Å²) in [6.07, 6.45) is 0. The van der Waals surface area contributed by atoms with Crippen LogP contribution in [0.15, 0.2) is 46.9 Å². The van der Waals surface area contributed by atoms with E-state index >= 15 is 0 Å². The molecule has 1 aromatic heterocycles. The molecule has 0 saturated heterocycles. The molecule has 0 aliphatic heterocycles. The molecule has 0 radical (unpaired) electrons. The van der Waals surface area contributed by atoms with Gasteiger partial charge < -0.3 is 13.9 Å². The van der Waals surface area contributed by atoms with E-state index < -0.39 is 10.9 Å². The van der Waals surface area contributed by atoms with Gasteiger partial charge in [0.1, 0.15) is 5.75 Å². The summed E-state index contributed by atoms with van der Waals surface area (Å²) in [6.45, 7) is 5.61. The lowest BCUT2D eigenvalue weighted by Gasteiger charge is -2.14. The van der Waals surface area contributed by atoms with Crippen molar-refractivity contribution >= 4 is 11.7 Å². The molecule has 30 heavy (non-hydrogen) atoms. The van der Waals surface area contributed by atoms with Gasteiger partial charge in [0.05, 0.1) is 4.92 Å². The Hall–Kier alpha value is -3.75. The van der Waals surface area contributed by atoms with Crippen LogP contribution in [0.25, 0.3) is 11.5 Å². The van der Waals surface area contributed by atoms with E-state index in [4.69, 9.17) is 13.9 Å². The monoisotopic (exact) mass is 411 g/mol. The van der Waals surface area contributed by atoms with Crippen LogP contribution >= 0.6 is 0 Å². The predicted octanol–water partition coefficient (Wildman–Crippen LogP) is 4.20. The summed E-state index contributed by atoms with van der Waals surface area (Å²) in [5, 5.41) is 18.4. The first-order valence-electron chi connectivity index (χ1n) is 9.29. The van der Waals surface area contributed by atoms with Crippen molar-refractivity contribution in [3.63, 3.8) is 0 Å². The number of hydrogen-bond donors (Lipinski definition) is 0. The molecule has 0 aliphatic rings. The summed E-state index contributed by atoms with van der Waals surface area (Å²) < 4.78 is 16.2. The summed E-state index contributed by atoms with van der Waals surface area (Å²) in [7, 11) is 0. The molecule has 0 unspecified atom stereocenters. The number of aromatic nitrogens is 2. The number of non-ortho nitro benzene ring substituents is 1. The summed E-state index contributed by atoms with van der Waals surface area (Å²) >= 11 is 0. The molecular weight excluding hydrogens is 390 g/mol. The van der Waals surface area contributed by atoms with Crippen molar-refractivity contribution in [1.82, 2.24) is 10.2 Å². The number of esters is 1. The number of ether oxygens (including phenoxy) is 2. The fourth-order valence-corrected chi connectivity index (χ4v) is 2.72. The summed E-state index contributed by atoms with van der Waals surface area (Å²) in [5.41, 5.74) is 2.53. The molecule has 0 amide bonds. The van der Waals surface area contributed by atoms with Crippen LogP contribution in [0.2, 0.25) is 0 Å². The lowest BCUT2D eigenvalue weighted by Crippen LogP contribution is -2.15. The van der Waals surface area contributed by atoms with Crippen molar-refractivity contribution in [2.45, 2.75) is 33.3 Å². The highest BCUT2D eigenvalue weighted by Crippen LogP contribution is 2.27. The molecule has 2 aromatic carbocycles. The van der Waals surface area contributed by atoms with Crippen LogP contribution in [-0.4, -0.2) is 27.7 Å². The minimum atomic E-state index is -0.568. The molecule has 0 bridgehead atoms. The molecule has 1 heterocycles. The quantitative estimate of drug-likeness (QED) is 0.307. The van der Waals surface area contributed by atoms with Crippen LogP contribution in [-0.2, 0) is 16.1 Å². The van der Waals surface area contributed by atoms with E-state index in [0.717, 1.165) is 11.1 Å². The predicted molar refractivity (Wildman–Crippen MR) is 107 cm³/mol. The summed E-state index contributed by atoms with van der Waals surface area (Å²) in [6, 6.07) is 11.6. The van der Waals surface area contributed by atoms with Gasteiger partial charge in [-0.1, -0.05) is 26.0 Å². The van der Waals surface area contributed by atoms with Crippen LogP contribution in [0.5, 0.6) is 5.75 Å². The van der Waals surface area contributed by atoms with E-state index in [2.05, 4.69) is 10.2 Å². The van der Waals surface area contributed by atoms with Crippen molar-refractivity contribution in [3.05, 3.63) is 69.6 Å². The lowest BCUT2D eigenvalue weighted by molar-refractivity contribution is -0.384. The third kappa shape index (κ3) is 5.19. The van der Waals surface area contributed by atoms with Gasteiger partial charge in [-0.05, 0) is 42.2 Å². The highest BCUT2D eigenvalue weighted by Gasteiger charge is 2.14. The Morgan fingerprint density at radius 2 is 1.90 bits per heavy atom. The number of hydrogen-bond acceptors (Lipinski definition) is 8. The van der Waals surface area contributed by atoms with Gasteiger partial charge in [-0.15, -0.1) is 10.2 Å². The second-order valence-electron chi connectivity index (χ2n) is 6.95. The Kier molecular flexibility index (Phi) is 6.41. The molecule has 0 N–H and O–H groups in total. The van der Waals surface area contributed by atoms with E-state index in [1.54, 1.807) is 0 Å². The standard InChI is InChI=1S/C21H21N3O6/c1-13(2)17-9-4-14(3)10-18(17)28-12-20(25)29-11-19-22-23-21(30-19)15-5-7-16(8-6-15)24(26)27/h4-10,13H,11-12H2,1-3H3. The second kappa shape index (κ2) is 9.17. The SMILES string of the molecule is Cc1ccc(C(C)C)c(OCC(=O)OCc2nnc(-c3ccc([N+](=O)[O-])cc3)o2)c1. The van der Waals surface area contributed by atoms with Crippen LogP contribution in [0, 0.1) is 17.0 Å². The normalized spacial score (nSPS) is 10.8. The van der Waals surface area contributed by atoms with Crippen molar-refractivity contribution in [1.29, 1.82) is 0 Å². The zero-order chi connectivity index (χ0) is 21.7. The van der Waals surface area contributed by atoms with Gasteiger partial charge >= 0.3 is 5.97 Å². The zero-order valence-electron chi connectivity index (χ0n) is 16.8. The van der Waals surface area contributed by atoms with Crippen LogP contribution in [0.1, 0.15) is 36.8 Å². The van der Waals surface area contributed by atoms with E-state index in [1.807, 2.05) is 39.0 Å². The van der Waals surface area contributed by atoms with E-state index in [9.17, 15) is 14.9 Å². The fourth-order valence-electron chi connectivity index (χ4n) is 2.72. The molecule has 3 rings (SSSR count). The Bertz CT molecular complexity index is 1040. The van der Waals surface area contributed by atoms with Gasteiger partial charge in [-0.25, -0.2) is 4.79 Å². The third-order valence-electron chi connectivity index (χ3n) is 4.29. The van der Waals surface area contributed by atoms with Crippen molar-refractivity contribution in [2.24, 2.45) is 0 Å². The number of benzene rings is 2. The Labute approximate surface area is 172 Å². The van der Waals surface area contributed by atoms with Gasteiger partial charge in [0.25, 0.3) is 11.6 Å². The highest BCUT2D eigenvalue weighted by molar-refractivity contribution is 5.71. The maximum Gasteiger partial charge on any atom is 0.344 e. The zero-order valence-corrected chi connectivity index (χ0v) is 16.8. The van der Waals surface area contributed by atoms with Gasteiger partial charge in [-0.3, -0.25) is 10.1 Å². The molecule has 0 aliphatic carbocycles. The first-order chi connectivity index (χ1) is 14.3. The summed E-state index contributed by atoms with van der Waals surface area (Å²) in [5.74, 6) is 0.623. The summed E-state index contributed by atoms with van der Waals surface area (Å²) in [4.78, 5) is 22.2. The molecule has 9 heteroatoms. The fraction of sp³-hybridized carbons (Fsp3) is 0.286. The van der Waals surface area contributed by atoms with Gasteiger partial charge in [0, 0.05) is 17.7 Å². The van der Waals surface area contributed by atoms with Crippen LogP contribution in [0.3, 0.4) is 0 Å². The van der Waals surface area contributed by atoms with Crippen molar-refractivity contribution in [3.8, 4) is 17.2 Å². The number of nitro benzene ring substituents is 1. The van der Waals surface area contributed by atoms with Crippen LogP contribution < -0.4 is 4.74 Å². The molecular formula is C21H21N3O6. The molecule has 0 fully saturated rings. The molecule has 0 atom stereocenters. The first kappa shape index (κ1) is 21.0. The Balaban J connectivity index is 1.55. The molecule has 3 aromatic rings. The highest BCUT2D eigenvalue weighted by atomic mass is 16.6. The molecule has 0 saturated carbocycles. The largest absolute Gasteiger partial charge is 0.482 e. The molecule has 0 spiro atoms. The van der Waals surface area contributed by atoms with Crippen molar-refractivity contribution < 1.29 is 23.6 Å². The number of rotatable bonds is 8. The second-order valence-corrected chi connectivity index (χ2v) is 6.95. The van der Waals surface area contributed by atoms with Crippen molar-refractivity contribution in [2.75, 3.05) is 6.61 Å². The van der Waals surface area contributed by atoms with E-state index in [1.165, 1.54) is 24.3 Å². The Morgan fingerprint density at radius 1 is 1.17 bits per heavy atom.